The number of hydrogen-bond acceptors (Lipinski definition) is 7. The van der Waals surface area contributed by atoms with Gasteiger partial charge in [-0.2, -0.15) is 10.2 Å². The van der Waals surface area contributed by atoms with Gasteiger partial charge in [-0.3, -0.25) is 5.10 Å². The molecule has 10 heteroatoms. The van der Waals surface area contributed by atoms with Gasteiger partial charge in [-0.05, 0) is 60.6 Å². The van der Waals surface area contributed by atoms with Crippen molar-refractivity contribution >= 4 is 0 Å². The van der Waals surface area contributed by atoms with E-state index in [0.717, 1.165) is 36.2 Å². The number of pyridine rings is 1. The van der Waals surface area contributed by atoms with Crippen molar-refractivity contribution in [3.05, 3.63) is 76.9 Å². The van der Waals surface area contributed by atoms with Gasteiger partial charge in [0.15, 0.2) is 17.2 Å². The van der Waals surface area contributed by atoms with E-state index in [-0.39, 0.29) is 42.1 Å². The lowest BCUT2D eigenvalue weighted by atomic mass is 9.69. The number of benzene rings is 1. The largest absolute Gasteiger partial charge is 0.377 e. The first-order chi connectivity index (χ1) is 18.4. The van der Waals surface area contributed by atoms with Crippen LogP contribution >= 0.6 is 0 Å². The molecular weight excluding hydrogens is 490 g/mol. The average molecular weight is 519 g/mol. The summed E-state index contributed by atoms with van der Waals surface area (Å²) in [5, 5.41) is 26.4. The van der Waals surface area contributed by atoms with Gasteiger partial charge >= 0.3 is 0 Å². The Kier molecular flexibility index (Phi) is 6.23. The number of hydrogen-bond donors (Lipinski definition) is 2. The van der Waals surface area contributed by atoms with Gasteiger partial charge in [0.1, 0.15) is 17.3 Å². The molecule has 4 heterocycles. The van der Waals surface area contributed by atoms with Crippen LogP contribution in [-0.2, 0) is 10.3 Å². The van der Waals surface area contributed by atoms with Crippen molar-refractivity contribution in [3.8, 4) is 22.8 Å². The van der Waals surface area contributed by atoms with Gasteiger partial charge < -0.3 is 9.84 Å². The number of fused-ring (bicyclic) bond motifs is 1. The Hall–Kier alpha value is -3.63. The standard InChI is InChI=1S/C28H28F2N6O2/c1-3-15-11-18(21-9-6-10-22(31-21)26-32-27(36-35-26)28(37)13-38-14-28)25-17(16(15)4-2)12-23(33-34-25)24-19(29)7-5-8-20(24)30/h5-10,12,15-16,18,37H,3-4,11,13-14H2,1-2H3,(H,32,35,36)/t15?,16-,18?/m0/s1. The maximum absolute atomic E-state index is 14.6. The highest BCUT2D eigenvalue weighted by molar-refractivity contribution is 5.62. The predicted octanol–water partition coefficient (Wildman–Crippen LogP) is 4.88. The minimum atomic E-state index is -1.18. The normalized spacial score (nSPS) is 22.1. The predicted molar refractivity (Wildman–Crippen MR) is 135 cm³/mol. The van der Waals surface area contributed by atoms with Crippen LogP contribution in [0.25, 0.3) is 22.8 Å². The molecule has 1 aromatic carbocycles. The second-order valence-corrected chi connectivity index (χ2v) is 10.1. The van der Waals surface area contributed by atoms with Crippen LogP contribution in [0.2, 0.25) is 0 Å². The molecule has 0 spiro atoms. The molecule has 6 rings (SSSR count). The number of aromatic nitrogens is 6. The second-order valence-electron chi connectivity index (χ2n) is 10.1. The molecule has 0 bridgehead atoms. The van der Waals surface area contributed by atoms with Gasteiger partial charge in [-0.15, -0.1) is 5.10 Å². The number of rotatable bonds is 6. The summed E-state index contributed by atoms with van der Waals surface area (Å²) in [5.41, 5.74) is 2.00. The summed E-state index contributed by atoms with van der Waals surface area (Å²) in [5.74, 6) is -0.193. The van der Waals surface area contributed by atoms with Crippen molar-refractivity contribution in [2.24, 2.45) is 5.92 Å². The van der Waals surface area contributed by atoms with E-state index in [4.69, 9.17) is 9.72 Å². The van der Waals surface area contributed by atoms with Crippen LogP contribution in [0.3, 0.4) is 0 Å². The summed E-state index contributed by atoms with van der Waals surface area (Å²) in [6.07, 6.45) is 2.66. The van der Waals surface area contributed by atoms with Gasteiger partial charge in [0.25, 0.3) is 0 Å². The third-order valence-corrected chi connectivity index (χ3v) is 7.83. The highest BCUT2D eigenvalue weighted by atomic mass is 19.1. The molecule has 1 aliphatic heterocycles. The van der Waals surface area contributed by atoms with E-state index in [2.05, 4.69) is 39.2 Å². The number of nitrogens with one attached hydrogen (secondary N) is 1. The summed E-state index contributed by atoms with van der Waals surface area (Å²) in [4.78, 5) is 9.36. The fourth-order valence-corrected chi connectivity index (χ4v) is 5.73. The quantitative estimate of drug-likeness (QED) is 0.375. The molecule has 2 unspecified atom stereocenters. The number of aromatic amines is 1. The van der Waals surface area contributed by atoms with E-state index < -0.39 is 17.2 Å². The van der Waals surface area contributed by atoms with E-state index in [1.54, 1.807) is 6.07 Å². The maximum Gasteiger partial charge on any atom is 0.187 e. The van der Waals surface area contributed by atoms with Crippen molar-refractivity contribution in [1.82, 2.24) is 30.4 Å². The third kappa shape index (κ3) is 4.08. The van der Waals surface area contributed by atoms with E-state index in [0.29, 0.717) is 17.4 Å². The van der Waals surface area contributed by atoms with Gasteiger partial charge in [-0.25, -0.2) is 18.7 Å². The summed E-state index contributed by atoms with van der Waals surface area (Å²) in [6.45, 7) is 4.61. The van der Waals surface area contributed by atoms with Crippen LogP contribution in [0.5, 0.6) is 0 Å². The lowest BCUT2D eigenvalue weighted by Crippen LogP contribution is -2.47. The molecular formula is C28H28F2N6O2. The summed E-state index contributed by atoms with van der Waals surface area (Å²) in [6, 6.07) is 11.3. The molecule has 1 aliphatic carbocycles. The van der Waals surface area contributed by atoms with E-state index >= 15 is 0 Å². The zero-order chi connectivity index (χ0) is 26.4. The highest BCUT2D eigenvalue weighted by Gasteiger charge is 2.42. The minimum absolute atomic E-state index is 0.142. The molecule has 0 amide bonds. The number of halogens is 2. The van der Waals surface area contributed by atoms with Gasteiger partial charge in [0.2, 0.25) is 0 Å². The SMILES string of the molecule is CCC1CC(c2cccc(-c3nc(C4(O)COC4)n[nH]3)n2)c2nnc(-c3c(F)cccc3F)cc2[C@H]1CC. The van der Waals surface area contributed by atoms with Crippen LogP contribution in [0, 0.1) is 17.6 Å². The van der Waals surface area contributed by atoms with Crippen LogP contribution in [-0.4, -0.2) is 48.7 Å². The van der Waals surface area contributed by atoms with E-state index in [9.17, 15) is 13.9 Å². The molecule has 8 nitrogen and oxygen atoms in total. The van der Waals surface area contributed by atoms with Crippen LogP contribution in [0.1, 0.15) is 67.7 Å². The van der Waals surface area contributed by atoms with Gasteiger partial charge in [0.05, 0.1) is 35.9 Å². The fourth-order valence-electron chi connectivity index (χ4n) is 5.73. The number of aliphatic hydroxyl groups is 1. The molecule has 2 N–H and O–H groups in total. The molecule has 1 saturated heterocycles. The molecule has 1 fully saturated rings. The smallest absolute Gasteiger partial charge is 0.187 e. The summed E-state index contributed by atoms with van der Waals surface area (Å²) in [7, 11) is 0. The Balaban J connectivity index is 1.41. The number of nitrogens with zero attached hydrogens (tertiary/aromatic N) is 5. The number of ether oxygens (including phenoxy) is 1. The first-order valence-corrected chi connectivity index (χ1v) is 12.9. The molecule has 196 valence electrons. The van der Waals surface area contributed by atoms with E-state index in [1.807, 2.05) is 18.2 Å². The Morgan fingerprint density at radius 3 is 2.45 bits per heavy atom. The van der Waals surface area contributed by atoms with E-state index in [1.165, 1.54) is 18.2 Å². The van der Waals surface area contributed by atoms with Crippen molar-refractivity contribution in [2.45, 2.75) is 50.5 Å². The second kappa shape index (κ2) is 9.59. The first-order valence-electron chi connectivity index (χ1n) is 12.9. The van der Waals surface area contributed by atoms with Crippen molar-refractivity contribution < 1.29 is 18.6 Å². The van der Waals surface area contributed by atoms with Crippen LogP contribution in [0.4, 0.5) is 8.78 Å². The summed E-state index contributed by atoms with van der Waals surface area (Å²) < 4.78 is 34.3. The lowest BCUT2D eigenvalue weighted by Gasteiger charge is -2.36. The Bertz CT molecular complexity index is 1470. The van der Waals surface area contributed by atoms with Crippen molar-refractivity contribution in [2.75, 3.05) is 13.2 Å². The molecule has 3 aromatic heterocycles. The Labute approximate surface area is 218 Å². The average Bonchev–Trinajstić information content (AvgIpc) is 3.41. The van der Waals surface area contributed by atoms with Gasteiger partial charge in [0, 0.05) is 5.92 Å². The van der Waals surface area contributed by atoms with Crippen molar-refractivity contribution in [1.29, 1.82) is 0 Å². The van der Waals surface area contributed by atoms with Crippen LogP contribution < -0.4 is 0 Å². The minimum Gasteiger partial charge on any atom is -0.377 e. The molecule has 0 radical (unpaired) electrons. The lowest BCUT2D eigenvalue weighted by molar-refractivity contribution is -0.189. The Morgan fingerprint density at radius 2 is 1.76 bits per heavy atom. The fraction of sp³-hybridized carbons (Fsp3) is 0.393. The molecule has 4 aromatic rings. The van der Waals surface area contributed by atoms with Crippen molar-refractivity contribution in [3.63, 3.8) is 0 Å². The maximum atomic E-state index is 14.6. The zero-order valence-electron chi connectivity index (χ0n) is 21.2. The molecule has 2 aliphatic rings. The zero-order valence-corrected chi connectivity index (χ0v) is 21.2. The summed E-state index contributed by atoms with van der Waals surface area (Å²) >= 11 is 0. The highest BCUT2D eigenvalue weighted by Crippen LogP contribution is 2.47. The third-order valence-electron chi connectivity index (χ3n) is 7.83. The van der Waals surface area contributed by atoms with Gasteiger partial charge in [-0.1, -0.05) is 32.4 Å². The first kappa shape index (κ1) is 24.7. The molecule has 3 atom stereocenters. The van der Waals surface area contributed by atoms with Crippen LogP contribution in [0.15, 0.2) is 42.5 Å². The molecule has 0 saturated carbocycles. The molecule has 38 heavy (non-hydrogen) atoms. The monoisotopic (exact) mass is 518 g/mol. The topological polar surface area (TPSA) is 110 Å². The number of H-pyrrole nitrogens is 1. The Morgan fingerprint density at radius 1 is 1.00 bits per heavy atom.